The number of alkyl halides is 3. The number of sulfone groups is 1. The number of nitrogens with zero attached hydrogens (tertiary/aromatic N) is 1. The molecule has 4 rings (SSSR count). The molecule has 35 heavy (non-hydrogen) atoms. The number of amides is 1. The van der Waals surface area contributed by atoms with Crippen molar-refractivity contribution >= 4 is 55.5 Å². The van der Waals surface area contributed by atoms with Crippen LogP contribution in [0.2, 0.25) is 10.0 Å². The Balaban J connectivity index is 1.63. The van der Waals surface area contributed by atoms with Gasteiger partial charge in [0.15, 0.2) is 9.84 Å². The van der Waals surface area contributed by atoms with Crippen molar-refractivity contribution in [2.45, 2.75) is 17.6 Å². The fraction of sp³-hybridized carbons (Fsp3) is 0.125. The highest BCUT2D eigenvalue weighted by Crippen LogP contribution is 2.34. The lowest BCUT2D eigenvalue weighted by atomic mass is 10.2. The Bertz CT molecular complexity index is 1530. The highest BCUT2D eigenvalue weighted by atomic mass is 35.5. The van der Waals surface area contributed by atoms with Crippen molar-refractivity contribution < 1.29 is 26.4 Å². The lowest BCUT2D eigenvalue weighted by Gasteiger charge is -2.11. The Kier molecular flexibility index (Phi) is 6.86. The second-order valence-electron chi connectivity index (χ2n) is 7.73. The minimum absolute atomic E-state index is 0.0783. The molecule has 3 aromatic carbocycles. The van der Waals surface area contributed by atoms with E-state index < -0.39 is 33.2 Å². The van der Waals surface area contributed by atoms with Crippen LogP contribution >= 0.6 is 23.2 Å². The second kappa shape index (κ2) is 9.56. The minimum atomic E-state index is -4.65. The van der Waals surface area contributed by atoms with Gasteiger partial charge in [0.05, 0.1) is 21.2 Å². The van der Waals surface area contributed by atoms with E-state index in [0.717, 1.165) is 17.7 Å². The molecule has 1 aromatic heterocycles. The summed E-state index contributed by atoms with van der Waals surface area (Å²) >= 11 is 12.2. The molecule has 0 atom stereocenters. The van der Waals surface area contributed by atoms with Crippen LogP contribution in [0, 0.1) is 0 Å². The molecule has 1 N–H and O–H groups in total. The summed E-state index contributed by atoms with van der Waals surface area (Å²) in [6.45, 7) is 0.293. The summed E-state index contributed by atoms with van der Waals surface area (Å²) in [4.78, 5) is 12.5. The van der Waals surface area contributed by atoms with Gasteiger partial charge in [-0.1, -0.05) is 59.6 Å². The van der Waals surface area contributed by atoms with Gasteiger partial charge in [-0.25, -0.2) is 8.42 Å². The Morgan fingerprint density at radius 3 is 2.34 bits per heavy atom. The van der Waals surface area contributed by atoms with E-state index >= 15 is 0 Å². The molecule has 0 bridgehead atoms. The predicted octanol–water partition coefficient (Wildman–Crippen LogP) is 6.43. The first-order chi connectivity index (χ1) is 16.5. The van der Waals surface area contributed by atoms with Gasteiger partial charge in [0.1, 0.15) is 5.75 Å². The number of rotatable bonds is 6. The molecule has 0 spiro atoms. The number of halogens is 5. The largest absolute Gasteiger partial charge is 0.416 e. The topological polar surface area (TPSA) is 68.2 Å². The Morgan fingerprint density at radius 1 is 0.943 bits per heavy atom. The van der Waals surface area contributed by atoms with Crippen molar-refractivity contribution in [2.24, 2.45) is 0 Å². The molecular weight excluding hydrogens is 524 g/mol. The standard InChI is InChI=1S/C24H17Cl2F3N2O3S/c25-18-7-3-1-5-15(18)12-31-13-22(17-6-2-4-8-21(17)31)35(33,34)14-23(32)30-20-11-16(24(27,28)29)9-10-19(20)26/h1-11,13H,12,14H2,(H,30,32). The molecule has 1 heterocycles. The minimum Gasteiger partial charge on any atom is -0.342 e. The van der Waals surface area contributed by atoms with Crippen LogP contribution in [0.1, 0.15) is 11.1 Å². The third-order valence-electron chi connectivity index (χ3n) is 5.27. The van der Waals surface area contributed by atoms with Gasteiger partial charge < -0.3 is 9.88 Å². The Hall–Kier alpha value is -3.01. The molecule has 0 aliphatic carbocycles. The Labute approximate surface area is 209 Å². The lowest BCUT2D eigenvalue weighted by Crippen LogP contribution is -2.23. The van der Waals surface area contributed by atoms with Gasteiger partial charge in [0, 0.05) is 28.7 Å². The predicted molar refractivity (Wildman–Crippen MR) is 130 cm³/mol. The zero-order valence-corrected chi connectivity index (χ0v) is 20.1. The fourth-order valence-corrected chi connectivity index (χ4v) is 5.36. The SMILES string of the molecule is O=C(CS(=O)(=O)c1cn(Cc2ccccc2Cl)c2ccccc12)Nc1cc(C(F)(F)F)ccc1Cl. The molecule has 0 radical (unpaired) electrons. The molecule has 0 unspecified atom stereocenters. The molecule has 1 amide bonds. The third kappa shape index (κ3) is 5.47. The van der Waals surface area contributed by atoms with Crippen LogP contribution in [-0.2, 0) is 27.4 Å². The summed E-state index contributed by atoms with van der Waals surface area (Å²) in [6.07, 6.45) is -3.23. The number of carbonyl (C=O) groups is 1. The van der Waals surface area contributed by atoms with Crippen LogP contribution in [0.3, 0.4) is 0 Å². The van der Waals surface area contributed by atoms with Gasteiger partial charge in [-0.2, -0.15) is 13.2 Å². The second-order valence-corrected chi connectivity index (χ2v) is 10.5. The zero-order valence-electron chi connectivity index (χ0n) is 17.8. The maximum absolute atomic E-state index is 13.2. The maximum Gasteiger partial charge on any atom is 0.416 e. The number of hydrogen-bond acceptors (Lipinski definition) is 3. The van der Waals surface area contributed by atoms with E-state index in [1.165, 1.54) is 6.20 Å². The Morgan fingerprint density at radius 2 is 1.63 bits per heavy atom. The number of aromatic nitrogens is 1. The number of para-hydroxylation sites is 1. The summed E-state index contributed by atoms with van der Waals surface area (Å²) in [7, 11) is -4.17. The summed E-state index contributed by atoms with van der Waals surface area (Å²) in [5.41, 5.74) is 0.0358. The van der Waals surface area contributed by atoms with E-state index in [-0.39, 0.29) is 15.6 Å². The molecule has 0 saturated heterocycles. The number of benzene rings is 3. The van der Waals surface area contributed by atoms with Crippen molar-refractivity contribution in [1.82, 2.24) is 4.57 Å². The van der Waals surface area contributed by atoms with Crippen molar-refractivity contribution in [1.29, 1.82) is 0 Å². The molecule has 5 nitrogen and oxygen atoms in total. The first-order valence-electron chi connectivity index (χ1n) is 10.2. The van der Waals surface area contributed by atoms with Gasteiger partial charge >= 0.3 is 6.18 Å². The third-order valence-corrected chi connectivity index (χ3v) is 7.61. The fourth-order valence-electron chi connectivity index (χ4n) is 3.64. The summed E-state index contributed by atoms with van der Waals surface area (Å²) in [5.74, 6) is -2.01. The summed E-state index contributed by atoms with van der Waals surface area (Å²) in [5, 5.41) is 2.95. The van der Waals surface area contributed by atoms with Gasteiger partial charge in [0.25, 0.3) is 0 Å². The highest BCUT2D eigenvalue weighted by molar-refractivity contribution is 7.92. The van der Waals surface area contributed by atoms with E-state index in [0.29, 0.717) is 28.5 Å². The van der Waals surface area contributed by atoms with Gasteiger partial charge in [-0.05, 0) is 35.9 Å². The van der Waals surface area contributed by atoms with Crippen molar-refractivity contribution in [3.05, 3.63) is 94.1 Å². The van der Waals surface area contributed by atoms with Crippen molar-refractivity contribution in [3.8, 4) is 0 Å². The summed E-state index contributed by atoms with van der Waals surface area (Å²) in [6, 6.07) is 16.3. The summed E-state index contributed by atoms with van der Waals surface area (Å²) < 4.78 is 67.1. The normalized spacial score (nSPS) is 12.1. The zero-order chi connectivity index (χ0) is 25.4. The first-order valence-corrected chi connectivity index (χ1v) is 12.6. The highest BCUT2D eigenvalue weighted by Gasteiger charge is 2.31. The van der Waals surface area contributed by atoms with Crippen LogP contribution in [0.4, 0.5) is 18.9 Å². The van der Waals surface area contributed by atoms with E-state index in [1.54, 1.807) is 41.0 Å². The molecule has 0 aliphatic rings. The van der Waals surface area contributed by atoms with Crippen LogP contribution in [-0.4, -0.2) is 24.6 Å². The molecule has 0 aliphatic heterocycles. The van der Waals surface area contributed by atoms with Gasteiger partial charge in [-0.15, -0.1) is 0 Å². The molecule has 182 valence electrons. The van der Waals surface area contributed by atoms with Gasteiger partial charge in [-0.3, -0.25) is 4.79 Å². The van der Waals surface area contributed by atoms with E-state index in [1.807, 2.05) is 12.1 Å². The van der Waals surface area contributed by atoms with Crippen molar-refractivity contribution in [3.63, 3.8) is 0 Å². The maximum atomic E-state index is 13.2. The first kappa shape index (κ1) is 25.1. The average Bonchev–Trinajstić information content (AvgIpc) is 3.15. The van der Waals surface area contributed by atoms with Crippen LogP contribution < -0.4 is 5.32 Å². The molecule has 4 aromatic rings. The van der Waals surface area contributed by atoms with Gasteiger partial charge in [0.2, 0.25) is 5.91 Å². The molecule has 0 saturated carbocycles. The average molecular weight is 541 g/mol. The quantitative estimate of drug-likeness (QED) is 0.306. The number of carbonyl (C=O) groups excluding carboxylic acids is 1. The smallest absolute Gasteiger partial charge is 0.342 e. The number of nitrogens with one attached hydrogen (secondary N) is 1. The van der Waals surface area contributed by atoms with Crippen LogP contribution in [0.5, 0.6) is 0 Å². The van der Waals surface area contributed by atoms with E-state index in [4.69, 9.17) is 23.2 Å². The number of hydrogen-bond donors (Lipinski definition) is 1. The number of anilines is 1. The van der Waals surface area contributed by atoms with E-state index in [9.17, 15) is 26.4 Å². The molecular formula is C24H17Cl2F3N2O3S. The van der Waals surface area contributed by atoms with Crippen LogP contribution in [0.25, 0.3) is 10.9 Å². The molecule has 11 heteroatoms. The lowest BCUT2D eigenvalue weighted by molar-refractivity contribution is -0.137. The monoisotopic (exact) mass is 540 g/mol. The van der Waals surface area contributed by atoms with Crippen LogP contribution in [0.15, 0.2) is 77.8 Å². The molecule has 0 fully saturated rings. The van der Waals surface area contributed by atoms with E-state index in [2.05, 4.69) is 5.32 Å². The van der Waals surface area contributed by atoms with Crippen molar-refractivity contribution in [2.75, 3.05) is 11.1 Å². The number of fused-ring (bicyclic) bond motifs is 1.